The number of fused-ring (bicyclic) bond motifs is 2. The molecule has 0 fully saturated rings. The van der Waals surface area contributed by atoms with E-state index in [1.165, 1.54) is 12.2 Å². The molecule has 4 N–H and O–H groups in total. The maximum absolute atomic E-state index is 12.3. The molecule has 0 unspecified atom stereocenters. The number of rotatable bonds is 26. The largest absolute Gasteiger partial charge is 0.494 e. The van der Waals surface area contributed by atoms with Crippen LogP contribution in [0, 0.1) is 0 Å². The van der Waals surface area contributed by atoms with Crippen LogP contribution >= 0.6 is 12.4 Å². The molecule has 0 atom stereocenters. The summed E-state index contributed by atoms with van der Waals surface area (Å²) in [6, 6.07) is 27.6. The Morgan fingerprint density at radius 2 is 0.951 bits per heavy atom. The first kappa shape index (κ1) is 64.3. The molecule has 436 valence electrons. The van der Waals surface area contributed by atoms with Crippen molar-refractivity contribution in [2.45, 2.75) is 7.43 Å². The first-order chi connectivity index (χ1) is 38.7. The molecule has 8 rings (SSSR count). The number of hydrogen-bond acceptors (Lipinski definition) is 16. The monoisotopic (exact) mass is 1140 g/mol. The summed E-state index contributed by atoms with van der Waals surface area (Å²) in [7, 11) is 18.7. The number of benzene rings is 4. The SMILES string of the molecule is C.C=CC(=O)Nc1cc(Nc2nccc(-c3cn(C)c4ccccc34)n2)c(OC)cc1N(C)CCN(C)CCOC.C=CC(=O)Nc1cc(Nc2nccc(-c3cn(C)c4ccccc34)n2)c(OC)cc1N(C)CCN(C)CCOC.Cl. The fourth-order valence-electron chi connectivity index (χ4n) is 8.94. The Bertz CT molecular complexity index is 3200. The van der Waals surface area contributed by atoms with Gasteiger partial charge in [0.1, 0.15) is 11.5 Å². The van der Waals surface area contributed by atoms with Crippen LogP contribution in [0.5, 0.6) is 11.5 Å². The third-order valence-electron chi connectivity index (χ3n) is 13.5. The Balaban J connectivity index is 0.000000293. The van der Waals surface area contributed by atoms with Crippen LogP contribution in [0.1, 0.15) is 7.43 Å². The van der Waals surface area contributed by atoms with Gasteiger partial charge in [0.05, 0.1) is 72.9 Å². The van der Waals surface area contributed by atoms with Gasteiger partial charge in [0.2, 0.25) is 23.7 Å². The number of aryl methyl sites for hydroxylation is 2. The summed E-state index contributed by atoms with van der Waals surface area (Å²) in [5.74, 6) is 1.38. The Morgan fingerprint density at radius 1 is 0.561 bits per heavy atom. The van der Waals surface area contributed by atoms with E-state index in [0.717, 1.165) is 95.0 Å². The van der Waals surface area contributed by atoms with E-state index >= 15 is 0 Å². The number of aromatic nitrogens is 6. The molecule has 0 saturated carbocycles. The minimum atomic E-state index is -0.308. The van der Waals surface area contributed by atoms with Crippen LogP contribution in [-0.2, 0) is 33.2 Å². The van der Waals surface area contributed by atoms with E-state index in [-0.39, 0.29) is 31.6 Å². The Hall–Kier alpha value is -8.53. The molecule has 0 radical (unpaired) electrons. The van der Waals surface area contributed by atoms with Gasteiger partial charge < -0.3 is 68.9 Å². The van der Waals surface area contributed by atoms with Crippen molar-refractivity contribution in [3.05, 3.63) is 135 Å². The van der Waals surface area contributed by atoms with Crippen molar-refractivity contribution in [3.63, 3.8) is 0 Å². The van der Waals surface area contributed by atoms with Crippen molar-refractivity contribution in [1.82, 2.24) is 38.9 Å². The molecule has 20 nitrogen and oxygen atoms in total. The number of halogens is 1. The summed E-state index contributed by atoms with van der Waals surface area (Å²) in [5.41, 5.74) is 9.94. The van der Waals surface area contributed by atoms with Crippen molar-refractivity contribution in [3.8, 4) is 34.0 Å². The molecular formula is C61H79ClN14O6. The lowest BCUT2D eigenvalue weighted by Crippen LogP contribution is -2.33. The van der Waals surface area contributed by atoms with Crippen LogP contribution in [0.15, 0.2) is 135 Å². The molecule has 0 aliphatic heterocycles. The fourth-order valence-corrected chi connectivity index (χ4v) is 8.94. The molecule has 0 saturated heterocycles. The van der Waals surface area contributed by atoms with E-state index < -0.39 is 0 Å². The van der Waals surface area contributed by atoms with Crippen molar-refractivity contribution >= 4 is 92.0 Å². The van der Waals surface area contributed by atoms with Gasteiger partial charge in [-0.25, -0.2) is 19.9 Å². The number of methoxy groups -OCH3 is 4. The molecule has 8 aromatic rings. The summed E-state index contributed by atoms with van der Waals surface area (Å²) in [5, 5.41) is 14.7. The van der Waals surface area contributed by atoms with Crippen LogP contribution < -0.4 is 40.5 Å². The normalized spacial score (nSPS) is 10.8. The number of para-hydroxylation sites is 2. The van der Waals surface area contributed by atoms with E-state index in [1.807, 2.05) is 103 Å². The van der Waals surface area contributed by atoms with Crippen LogP contribution in [0.25, 0.3) is 44.3 Å². The second-order valence-corrected chi connectivity index (χ2v) is 19.1. The quantitative estimate of drug-likeness (QED) is 0.0374. The van der Waals surface area contributed by atoms with E-state index in [2.05, 4.69) is 110 Å². The van der Waals surface area contributed by atoms with Gasteiger partial charge >= 0.3 is 0 Å². The second kappa shape index (κ2) is 30.9. The average molecular weight is 1140 g/mol. The molecule has 0 spiro atoms. The highest BCUT2D eigenvalue weighted by Crippen LogP contribution is 2.40. The van der Waals surface area contributed by atoms with Gasteiger partial charge in [-0.15, -0.1) is 12.4 Å². The summed E-state index contributed by atoms with van der Waals surface area (Å²) in [4.78, 5) is 51.7. The zero-order valence-corrected chi connectivity index (χ0v) is 48.8. The number of carbonyl (C=O) groups excluding carboxylic acids is 2. The van der Waals surface area contributed by atoms with Gasteiger partial charge in [-0.2, -0.15) is 0 Å². The van der Waals surface area contributed by atoms with Gasteiger partial charge in [-0.3, -0.25) is 9.59 Å². The van der Waals surface area contributed by atoms with E-state index in [1.54, 1.807) is 40.8 Å². The standard InChI is InChI=1S/2C30H37N7O3.CH4.ClH/c2*1-7-29(38)32-24-18-25(28(40-6)19-27(24)36(3)15-14-35(2)16-17-39-5)34-30-31-13-12-23(33-30)22-20-37(4)26-11-9-8-10-21(22)26;;/h2*7-13,18-20H,1,14-17H2,2-6H3,(H,32,38)(H,31,33,34);1H4;1H. The molecule has 4 aromatic carbocycles. The molecule has 2 amide bonds. The Morgan fingerprint density at radius 3 is 1.32 bits per heavy atom. The average Bonchev–Trinajstić information content (AvgIpc) is 4.18. The van der Waals surface area contributed by atoms with Gasteiger partial charge in [0.15, 0.2) is 0 Å². The molecule has 4 heterocycles. The highest BCUT2D eigenvalue weighted by atomic mass is 35.5. The number of hydrogen-bond donors (Lipinski definition) is 4. The van der Waals surface area contributed by atoms with E-state index in [0.29, 0.717) is 59.4 Å². The number of anilines is 8. The highest BCUT2D eigenvalue weighted by molar-refractivity contribution is 6.03. The van der Waals surface area contributed by atoms with Gasteiger partial charge in [-0.05, 0) is 62.6 Å². The van der Waals surface area contributed by atoms with Gasteiger partial charge in [0.25, 0.3) is 0 Å². The molecule has 0 bridgehead atoms. The second-order valence-electron chi connectivity index (χ2n) is 19.1. The first-order valence-electron chi connectivity index (χ1n) is 26.1. The number of carbonyl (C=O) groups is 2. The Kier molecular flexibility index (Phi) is 24.2. The lowest BCUT2D eigenvalue weighted by molar-refractivity contribution is -0.112. The van der Waals surface area contributed by atoms with Crippen molar-refractivity contribution in [1.29, 1.82) is 0 Å². The zero-order chi connectivity index (χ0) is 57.3. The maximum Gasteiger partial charge on any atom is 0.247 e. The van der Waals surface area contributed by atoms with Crippen LogP contribution in [0.2, 0.25) is 0 Å². The minimum Gasteiger partial charge on any atom is -0.494 e. The third-order valence-corrected chi connectivity index (χ3v) is 13.5. The number of nitrogens with one attached hydrogen (secondary N) is 4. The number of nitrogens with zero attached hydrogens (tertiary/aromatic N) is 10. The summed E-state index contributed by atoms with van der Waals surface area (Å²) in [6.45, 7) is 13.3. The fraction of sp³-hybridized carbons (Fsp3) is 0.311. The maximum atomic E-state index is 12.3. The molecule has 0 aliphatic rings. The minimum absolute atomic E-state index is 0. The van der Waals surface area contributed by atoms with Gasteiger partial charge in [0, 0.05) is 152 Å². The van der Waals surface area contributed by atoms with Crippen LogP contribution in [0.4, 0.5) is 46.0 Å². The summed E-state index contributed by atoms with van der Waals surface area (Å²) >= 11 is 0. The highest BCUT2D eigenvalue weighted by Gasteiger charge is 2.20. The lowest BCUT2D eigenvalue weighted by atomic mass is 10.1. The number of amides is 2. The zero-order valence-electron chi connectivity index (χ0n) is 47.9. The van der Waals surface area contributed by atoms with Crippen molar-refractivity contribution < 1.29 is 28.5 Å². The smallest absolute Gasteiger partial charge is 0.247 e. The van der Waals surface area contributed by atoms with E-state index in [4.69, 9.17) is 28.9 Å². The summed E-state index contributed by atoms with van der Waals surface area (Å²) in [6.07, 6.45) is 10.1. The van der Waals surface area contributed by atoms with Crippen molar-refractivity contribution in [2.75, 3.05) is 140 Å². The summed E-state index contributed by atoms with van der Waals surface area (Å²) < 4.78 is 26.0. The van der Waals surface area contributed by atoms with E-state index in [9.17, 15) is 9.59 Å². The molecule has 0 aliphatic carbocycles. The number of ether oxygens (including phenoxy) is 4. The van der Waals surface area contributed by atoms with Crippen molar-refractivity contribution in [2.24, 2.45) is 14.1 Å². The predicted octanol–water partition coefficient (Wildman–Crippen LogP) is 10.1. The molecule has 4 aromatic heterocycles. The Labute approximate surface area is 488 Å². The van der Waals surface area contributed by atoms with Gasteiger partial charge in [-0.1, -0.05) is 57.0 Å². The van der Waals surface area contributed by atoms with Crippen LogP contribution in [0.3, 0.4) is 0 Å². The number of likely N-dealkylation sites (N-methyl/N-ethyl adjacent to an activating group) is 4. The van der Waals surface area contributed by atoms with Crippen LogP contribution in [-0.4, -0.2) is 160 Å². The predicted molar refractivity (Wildman–Crippen MR) is 337 cm³/mol. The lowest BCUT2D eigenvalue weighted by Gasteiger charge is -2.26. The molecule has 82 heavy (non-hydrogen) atoms. The first-order valence-corrected chi connectivity index (χ1v) is 26.1. The third kappa shape index (κ3) is 16.3. The molecule has 21 heteroatoms. The molecular weight excluding hydrogens is 1060 g/mol. The topological polar surface area (TPSA) is 194 Å².